The third-order valence-corrected chi connectivity index (χ3v) is 8.68. The van der Waals surface area contributed by atoms with Crippen LogP contribution >= 0.6 is 0 Å². The monoisotopic (exact) mass is 565 g/mol. The summed E-state index contributed by atoms with van der Waals surface area (Å²) in [6, 6.07) is 13.8. The lowest BCUT2D eigenvalue weighted by molar-refractivity contribution is -0.169. The number of carbonyl (C=O) groups is 2. The van der Waals surface area contributed by atoms with Crippen molar-refractivity contribution in [1.82, 2.24) is 4.90 Å². The molecule has 2 aliphatic carbocycles. The predicted molar refractivity (Wildman–Crippen MR) is 159 cm³/mol. The van der Waals surface area contributed by atoms with Crippen LogP contribution in [0.1, 0.15) is 102 Å². The van der Waals surface area contributed by atoms with Crippen molar-refractivity contribution in [1.29, 1.82) is 0 Å². The van der Waals surface area contributed by atoms with Crippen molar-refractivity contribution in [2.75, 3.05) is 19.8 Å². The van der Waals surface area contributed by atoms with Crippen LogP contribution in [0.4, 0.5) is 0 Å². The van der Waals surface area contributed by atoms with Crippen molar-refractivity contribution >= 4 is 11.9 Å². The van der Waals surface area contributed by atoms with Gasteiger partial charge in [0, 0.05) is 13.0 Å². The van der Waals surface area contributed by atoms with E-state index in [1.54, 1.807) is 0 Å². The van der Waals surface area contributed by atoms with Crippen molar-refractivity contribution < 1.29 is 29.3 Å². The number of rotatable bonds is 15. The molecule has 2 saturated carbocycles. The van der Waals surface area contributed by atoms with Gasteiger partial charge in [-0.1, -0.05) is 44.2 Å². The zero-order valence-corrected chi connectivity index (χ0v) is 25.4. The van der Waals surface area contributed by atoms with E-state index in [1.807, 2.05) is 56.0 Å². The Bertz CT molecular complexity index is 1180. The fourth-order valence-corrected chi connectivity index (χ4v) is 6.71. The van der Waals surface area contributed by atoms with E-state index >= 15 is 0 Å². The summed E-state index contributed by atoms with van der Waals surface area (Å²) in [5.74, 6) is 0.135. The van der Waals surface area contributed by atoms with Crippen LogP contribution in [0, 0.1) is 10.8 Å². The molecule has 1 atom stereocenters. The highest BCUT2D eigenvalue weighted by Gasteiger charge is 2.56. The number of unbranched alkanes of at least 4 members (excludes halogenated alkanes) is 1. The van der Waals surface area contributed by atoms with Crippen LogP contribution in [0.25, 0.3) is 0 Å². The van der Waals surface area contributed by atoms with Gasteiger partial charge in [0.15, 0.2) is 0 Å². The third kappa shape index (κ3) is 7.06. The zero-order chi connectivity index (χ0) is 29.8. The van der Waals surface area contributed by atoms with Crippen LogP contribution in [0.5, 0.6) is 11.5 Å². The average molecular weight is 566 g/mol. The smallest absolute Gasteiger partial charge is 0.310 e. The van der Waals surface area contributed by atoms with Gasteiger partial charge in [-0.25, -0.2) is 0 Å². The topological polar surface area (TPSA) is 96.3 Å². The number of benzene rings is 2. The van der Waals surface area contributed by atoms with Gasteiger partial charge in [0.2, 0.25) is 5.91 Å². The molecule has 2 fully saturated rings. The van der Waals surface area contributed by atoms with Crippen molar-refractivity contribution in [2.24, 2.45) is 10.8 Å². The van der Waals surface area contributed by atoms with E-state index in [0.717, 1.165) is 24.8 Å². The lowest BCUT2D eigenvalue weighted by atomic mass is 9.53. The Morgan fingerprint density at radius 3 is 2.05 bits per heavy atom. The quantitative estimate of drug-likeness (QED) is 0.235. The Morgan fingerprint density at radius 1 is 0.976 bits per heavy atom. The summed E-state index contributed by atoms with van der Waals surface area (Å²) in [5, 5.41) is 21.2. The molecule has 0 aliphatic heterocycles. The van der Waals surface area contributed by atoms with Gasteiger partial charge < -0.3 is 24.6 Å². The highest BCUT2D eigenvalue weighted by molar-refractivity contribution is 5.86. The van der Waals surface area contributed by atoms with E-state index in [0.29, 0.717) is 62.5 Å². The van der Waals surface area contributed by atoms with Crippen LogP contribution in [-0.2, 0) is 21.6 Å². The zero-order valence-electron chi connectivity index (χ0n) is 25.4. The summed E-state index contributed by atoms with van der Waals surface area (Å²) in [6.07, 6.45) is 4.91. The molecule has 41 heavy (non-hydrogen) atoms. The van der Waals surface area contributed by atoms with E-state index in [4.69, 9.17) is 9.47 Å². The molecular formula is C34H47NO6. The van der Waals surface area contributed by atoms with Gasteiger partial charge in [-0.05, 0) is 94.4 Å². The van der Waals surface area contributed by atoms with Gasteiger partial charge in [0.25, 0.3) is 0 Å². The second kappa shape index (κ2) is 12.4. The number of amides is 1. The normalized spacial score (nSPS) is 18.6. The van der Waals surface area contributed by atoms with Crippen molar-refractivity contribution in [2.45, 2.75) is 97.6 Å². The molecule has 0 heterocycles. The van der Waals surface area contributed by atoms with Gasteiger partial charge in [-0.15, -0.1) is 0 Å². The molecule has 2 aliphatic rings. The van der Waals surface area contributed by atoms with E-state index in [1.165, 1.54) is 5.56 Å². The molecular weight excluding hydrogens is 518 g/mol. The number of carbonyl (C=O) groups excluding carboxylic acids is 1. The Morgan fingerprint density at radius 2 is 1.56 bits per heavy atom. The van der Waals surface area contributed by atoms with E-state index < -0.39 is 17.0 Å². The summed E-state index contributed by atoms with van der Waals surface area (Å²) in [7, 11) is 0. The SMILES string of the molecule is CCOc1cc(C(C)N(CCCCc2ccccc2)C(=O)CC2(C(=O)O)CC(C)(C)C2)cc(OCC)c1C1(O)CC1. The third-order valence-electron chi connectivity index (χ3n) is 8.68. The minimum atomic E-state index is -1.02. The van der Waals surface area contributed by atoms with Crippen LogP contribution in [0.15, 0.2) is 42.5 Å². The van der Waals surface area contributed by atoms with Crippen molar-refractivity contribution in [3.63, 3.8) is 0 Å². The Kier molecular flexibility index (Phi) is 9.37. The number of aliphatic hydroxyl groups is 1. The van der Waals surface area contributed by atoms with Crippen LogP contribution in [-0.4, -0.2) is 46.7 Å². The first-order valence-corrected chi connectivity index (χ1v) is 15.2. The summed E-state index contributed by atoms with van der Waals surface area (Å²) >= 11 is 0. The second-order valence-electron chi connectivity index (χ2n) is 12.8. The molecule has 7 nitrogen and oxygen atoms in total. The maximum atomic E-state index is 14.0. The number of nitrogens with zero attached hydrogens (tertiary/aromatic N) is 1. The fraction of sp³-hybridized carbons (Fsp3) is 0.588. The lowest BCUT2D eigenvalue weighted by Gasteiger charge is -2.50. The van der Waals surface area contributed by atoms with Crippen LogP contribution in [0.2, 0.25) is 0 Å². The minimum absolute atomic E-state index is 0.0107. The highest BCUT2D eigenvalue weighted by atomic mass is 16.5. The number of hydrogen-bond acceptors (Lipinski definition) is 5. The number of ether oxygens (including phenoxy) is 2. The molecule has 224 valence electrons. The number of carboxylic acids is 1. The first-order chi connectivity index (χ1) is 19.4. The lowest BCUT2D eigenvalue weighted by Crippen LogP contribution is -2.51. The Balaban J connectivity index is 1.61. The molecule has 0 radical (unpaired) electrons. The first-order valence-electron chi connectivity index (χ1n) is 15.2. The van der Waals surface area contributed by atoms with Crippen molar-refractivity contribution in [3.05, 3.63) is 59.2 Å². The molecule has 0 bridgehead atoms. The molecule has 0 aromatic heterocycles. The second-order valence-corrected chi connectivity index (χ2v) is 12.8. The molecule has 2 aromatic rings. The molecule has 0 spiro atoms. The number of aliphatic carboxylic acids is 1. The number of hydrogen-bond donors (Lipinski definition) is 2. The van der Waals surface area contributed by atoms with Gasteiger partial charge in [-0.3, -0.25) is 9.59 Å². The van der Waals surface area contributed by atoms with Gasteiger partial charge in [-0.2, -0.15) is 0 Å². The molecule has 0 saturated heterocycles. The van der Waals surface area contributed by atoms with Crippen LogP contribution in [0.3, 0.4) is 0 Å². The molecule has 2 aromatic carbocycles. The Hall–Kier alpha value is -3.06. The number of carboxylic acid groups (broad SMARTS) is 1. The first kappa shape index (κ1) is 30.9. The molecule has 1 amide bonds. The average Bonchev–Trinajstić information content (AvgIpc) is 3.65. The van der Waals surface area contributed by atoms with E-state index in [2.05, 4.69) is 26.0 Å². The highest BCUT2D eigenvalue weighted by Crippen LogP contribution is 2.57. The summed E-state index contributed by atoms with van der Waals surface area (Å²) in [4.78, 5) is 28.2. The maximum Gasteiger partial charge on any atom is 0.310 e. The van der Waals surface area contributed by atoms with E-state index in [-0.39, 0.29) is 23.8 Å². The van der Waals surface area contributed by atoms with Crippen molar-refractivity contribution in [3.8, 4) is 11.5 Å². The van der Waals surface area contributed by atoms with Crippen LogP contribution < -0.4 is 9.47 Å². The Labute approximate surface area is 244 Å². The molecule has 2 N–H and O–H groups in total. The fourth-order valence-electron chi connectivity index (χ4n) is 6.71. The molecule has 7 heteroatoms. The minimum Gasteiger partial charge on any atom is -0.493 e. The standard InChI is InChI=1S/C34H47NO6/c1-6-40-27-19-26(20-28(41-7-2)30(27)34(39)16-17-34)24(3)35(18-12-11-15-25-13-9-8-10-14-25)29(36)21-33(31(37)38)22-32(4,5)23-33/h8-10,13-14,19-20,24,39H,6-7,11-12,15-18,21-23H2,1-5H3,(H,37,38). The molecule has 4 rings (SSSR count). The van der Waals surface area contributed by atoms with Gasteiger partial charge >= 0.3 is 5.97 Å². The van der Waals surface area contributed by atoms with Gasteiger partial charge in [0.1, 0.15) is 11.5 Å². The number of aryl methyl sites for hydroxylation is 1. The maximum absolute atomic E-state index is 14.0. The van der Waals surface area contributed by atoms with E-state index in [9.17, 15) is 19.8 Å². The molecule has 1 unspecified atom stereocenters. The summed E-state index contributed by atoms with van der Waals surface area (Å²) < 4.78 is 12.0. The summed E-state index contributed by atoms with van der Waals surface area (Å²) in [5.41, 5.74) is 0.737. The summed E-state index contributed by atoms with van der Waals surface area (Å²) in [6.45, 7) is 11.3. The predicted octanol–water partition coefficient (Wildman–Crippen LogP) is 6.66. The largest absolute Gasteiger partial charge is 0.493 e. The van der Waals surface area contributed by atoms with Gasteiger partial charge in [0.05, 0.1) is 35.8 Å².